The average Bonchev–Trinajstić information content (AvgIpc) is 2.82. The molecule has 1 aromatic carbocycles. The highest BCUT2D eigenvalue weighted by Gasteiger charge is 2.07. The Morgan fingerprint density at radius 1 is 1.28 bits per heavy atom. The van der Waals surface area contributed by atoms with Gasteiger partial charge in [-0.2, -0.15) is 5.10 Å². The number of nitrogens with one attached hydrogen (secondary N) is 1. The SMILES string of the molecule is Cc1ccc(C(=O)N/N=C/Cc2ccccc2)o1. The number of hydrogen-bond donors (Lipinski definition) is 1. The zero-order valence-corrected chi connectivity index (χ0v) is 10.1. The minimum absolute atomic E-state index is 0.268. The van der Waals surface area contributed by atoms with Crippen LogP contribution < -0.4 is 5.43 Å². The Morgan fingerprint density at radius 2 is 2.06 bits per heavy atom. The van der Waals surface area contributed by atoms with Gasteiger partial charge in [-0.1, -0.05) is 30.3 Å². The lowest BCUT2D eigenvalue weighted by atomic mass is 10.2. The Morgan fingerprint density at radius 3 is 2.72 bits per heavy atom. The van der Waals surface area contributed by atoms with Crippen LogP contribution in [0.25, 0.3) is 0 Å². The second kappa shape index (κ2) is 5.82. The normalized spacial score (nSPS) is 10.7. The fourth-order valence-electron chi connectivity index (χ4n) is 1.48. The molecule has 0 atom stereocenters. The van der Waals surface area contributed by atoms with Crippen molar-refractivity contribution < 1.29 is 9.21 Å². The molecule has 4 heteroatoms. The summed E-state index contributed by atoms with van der Waals surface area (Å²) in [6, 6.07) is 13.3. The summed E-state index contributed by atoms with van der Waals surface area (Å²) in [6.45, 7) is 1.79. The van der Waals surface area contributed by atoms with Crippen molar-refractivity contribution in [2.45, 2.75) is 13.3 Å². The van der Waals surface area contributed by atoms with E-state index in [2.05, 4.69) is 10.5 Å². The highest BCUT2D eigenvalue weighted by atomic mass is 16.3. The van der Waals surface area contributed by atoms with Crippen LogP contribution in [0.2, 0.25) is 0 Å². The molecule has 2 rings (SSSR count). The van der Waals surface area contributed by atoms with E-state index in [1.165, 1.54) is 0 Å². The molecule has 0 aliphatic rings. The van der Waals surface area contributed by atoms with Gasteiger partial charge in [0.1, 0.15) is 5.76 Å². The lowest BCUT2D eigenvalue weighted by Gasteiger charge is -1.96. The second-order valence-corrected chi connectivity index (χ2v) is 3.85. The third-order valence-electron chi connectivity index (χ3n) is 2.39. The van der Waals surface area contributed by atoms with Crippen molar-refractivity contribution in [2.24, 2.45) is 5.10 Å². The average molecular weight is 242 g/mol. The van der Waals surface area contributed by atoms with Gasteiger partial charge >= 0.3 is 5.91 Å². The molecule has 18 heavy (non-hydrogen) atoms. The number of amides is 1. The molecule has 0 aliphatic heterocycles. The van der Waals surface area contributed by atoms with Crippen LogP contribution in [0, 0.1) is 6.92 Å². The summed E-state index contributed by atoms with van der Waals surface area (Å²) in [6.07, 6.45) is 2.33. The van der Waals surface area contributed by atoms with E-state index < -0.39 is 0 Å². The monoisotopic (exact) mass is 242 g/mol. The van der Waals surface area contributed by atoms with Gasteiger partial charge < -0.3 is 4.42 Å². The van der Waals surface area contributed by atoms with Crippen LogP contribution in [0.4, 0.5) is 0 Å². The lowest BCUT2D eigenvalue weighted by molar-refractivity contribution is 0.0926. The molecule has 0 aliphatic carbocycles. The minimum atomic E-state index is -0.340. The van der Waals surface area contributed by atoms with Crippen LogP contribution in [-0.4, -0.2) is 12.1 Å². The van der Waals surface area contributed by atoms with Crippen molar-refractivity contribution in [2.75, 3.05) is 0 Å². The summed E-state index contributed by atoms with van der Waals surface area (Å²) in [7, 11) is 0. The zero-order chi connectivity index (χ0) is 12.8. The number of benzene rings is 1. The van der Waals surface area contributed by atoms with Crippen molar-refractivity contribution in [3.05, 3.63) is 59.5 Å². The standard InChI is InChI=1S/C14H14N2O2/c1-11-7-8-13(18-11)14(17)16-15-10-9-12-5-3-2-4-6-12/h2-8,10H,9H2,1H3,(H,16,17)/b15-10+. The molecule has 0 radical (unpaired) electrons. The smallest absolute Gasteiger partial charge is 0.307 e. The van der Waals surface area contributed by atoms with Crippen molar-refractivity contribution in [3.63, 3.8) is 0 Å². The van der Waals surface area contributed by atoms with E-state index in [-0.39, 0.29) is 11.7 Å². The van der Waals surface area contributed by atoms with Crippen LogP contribution in [0.3, 0.4) is 0 Å². The molecule has 1 heterocycles. The Labute approximate surface area is 105 Å². The van der Waals surface area contributed by atoms with Crippen molar-refractivity contribution >= 4 is 12.1 Å². The van der Waals surface area contributed by atoms with Crippen LogP contribution in [0.1, 0.15) is 21.9 Å². The predicted molar refractivity (Wildman–Crippen MR) is 69.5 cm³/mol. The van der Waals surface area contributed by atoms with E-state index >= 15 is 0 Å². The van der Waals surface area contributed by atoms with Crippen LogP contribution in [0.5, 0.6) is 0 Å². The van der Waals surface area contributed by atoms with Gasteiger partial charge in [-0.3, -0.25) is 4.79 Å². The highest BCUT2D eigenvalue weighted by Crippen LogP contribution is 2.05. The van der Waals surface area contributed by atoms with Crippen LogP contribution in [-0.2, 0) is 6.42 Å². The Bertz CT molecular complexity index is 544. The topological polar surface area (TPSA) is 54.6 Å². The van der Waals surface area contributed by atoms with Gasteiger partial charge in [-0.25, -0.2) is 5.43 Å². The first-order valence-corrected chi connectivity index (χ1v) is 5.68. The number of rotatable bonds is 4. The quantitative estimate of drug-likeness (QED) is 0.661. The summed E-state index contributed by atoms with van der Waals surface area (Å²) < 4.78 is 5.17. The molecule has 0 saturated carbocycles. The van der Waals surface area contributed by atoms with Crippen molar-refractivity contribution in [3.8, 4) is 0 Å². The highest BCUT2D eigenvalue weighted by molar-refractivity contribution is 5.91. The number of carbonyl (C=O) groups is 1. The molecule has 0 unspecified atom stereocenters. The van der Waals surface area contributed by atoms with E-state index in [9.17, 15) is 4.79 Å². The molecule has 0 saturated heterocycles. The fraction of sp³-hybridized carbons (Fsp3) is 0.143. The number of furan rings is 1. The van der Waals surface area contributed by atoms with Crippen molar-refractivity contribution in [1.29, 1.82) is 0 Å². The molecule has 1 amide bonds. The molecule has 1 aromatic heterocycles. The summed E-state index contributed by atoms with van der Waals surface area (Å²) in [5.41, 5.74) is 3.56. The van der Waals surface area contributed by atoms with E-state index in [4.69, 9.17) is 4.42 Å². The van der Waals surface area contributed by atoms with Gasteiger partial charge in [0, 0.05) is 12.6 Å². The minimum Gasteiger partial charge on any atom is -0.456 e. The maximum Gasteiger partial charge on any atom is 0.307 e. The third kappa shape index (κ3) is 3.31. The van der Waals surface area contributed by atoms with Gasteiger partial charge in [-0.15, -0.1) is 0 Å². The van der Waals surface area contributed by atoms with E-state index in [1.54, 1.807) is 25.3 Å². The predicted octanol–water partition coefficient (Wildman–Crippen LogP) is 2.55. The molecule has 0 spiro atoms. The molecule has 1 N–H and O–H groups in total. The first kappa shape index (κ1) is 12.1. The largest absolute Gasteiger partial charge is 0.456 e. The Kier molecular flexibility index (Phi) is 3.91. The van der Waals surface area contributed by atoms with Crippen molar-refractivity contribution in [1.82, 2.24) is 5.43 Å². The van der Waals surface area contributed by atoms with Gasteiger partial charge in [0.25, 0.3) is 0 Å². The maximum atomic E-state index is 11.6. The molecule has 92 valence electrons. The Hall–Kier alpha value is -2.36. The molecular weight excluding hydrogens is 228 g/mol. The van der Waals surface area contributed by atoms with Gasteiger partial charge in [0.15, 0.2) is 5.76 Å². The second-order valence-electron chi connectivity index (χ2n) is 3.85. The summed E-state index contributed by atoms with van der Waals surface area (Å²) in [5, 5.41) is 3.87. The van der Waals surface area contributed by atoms with E-state index in [0.717, 1.165) is 5.56 Å². The first-order chi connectivity index (χ1) is 8.75. The number of aryl methyl sites for hydroxylation is 1. The van der Waals surface area contributed by atoms with Gasteiger partial charge in [0.05, 0.1) is 0 Å². The number of hydrazone groups is 1. The number of nitrogens with zero attached hydrogens (tertiary/aromatic N) is 1. The van der Waals surface area contributed by atoms with Crippen LogP contribution >= 0.6 is 0 Å². The van der Waals surface area contributed by atoms with Gasteiger partial charge in [0.2, 0.25) is 0 Å². The lowest BCUT2D eigenvalue weighted by Crippen LogP contribution is -2.16. The molecule has 2 aromatic rings. The zero-order valence-electron chi connectivity index (χ0n) is 10.1. The third-order valence-corrected chi connectivity index (χ3v) is 2.39. The van der Waals surface area contributed by atoms with E-state index in [1.807, 2.05) is 30.3 Å². The molecule has 0 bridgehead atoms. The fourth-order valence-corrected chi connectivity index (χ4v) is 1.48. The Balaban J connectivity index is 1.83. The summed E-state index contributed by atoms with van der Waals surface area (Å²) >= 11 is 0. The van der Waals surface area contributed by atoms with Gasteiger partial charge in [-0.05, 0) is 24.6 Å². The summed E-state index contributed by atoms with van der Waals surface area (Å²) in [5.74, 6) is 0.630. The number of hydrogen-bond acceptors (Lipinski definition) is 3. The summed E-state index contributed by atoms with van der Waals surface area (Å²) in [4.78, 5) is 11.6. The van der Waals surface area contributed by atoms with E-state index in [0.29, 0.717) is 12.2 Å². The van der Waals surface area contributed by atoms with Crippen LogP contribution in [0.15, 0.2) is 52.0 Å². The maximum absolute atomic E-state index is 11.6. The molecular formula is C14H14N2O2. The first-order valence-electron chi connectivity index (χ1n) is 5.68. The number of carbonyl (C=O) groups excluding carboxylic acids is 1. The molecule has 0 fully saturated rings. The molecule has 4 nitrogen and oxygen atoms in total.